The summed E-state index contributed by atoms with van der Waals surface area (Å²) in [6.07, 6.45) is 1.65. The smallest absolute Gasteiger partial charge is 0.167 e. The van der Waals surface area contributed by atoms with Crippen LogP contribution < -0.4 is 4.74 Å². The number of halogens is 3. The van der Waals surface area contributed by atoms with Gasteiger partial charge in [-0.3, -0.25) is 4.98 Å². The highest BCUT2D eigenvalue weighted by molar-refractivity contribution is 9.08. The van der Waals surface area contributed by atoms with Crippen LogP contribution in [0, 0.1) is 5.82 Å². The Kier molecular flexibility index (Phi) is 4.08. The first-order chi connectivity index (χ1) is 10.2. The third-order valence-corrected chi connectivity index (χ3v) is 4.02. The average Bonchev–Trinajstić information content (AvgIpc) is 2.52. The van der Waals surface area contributed by atoms with E-state index in [1.165, 1.54) is 6.07 Å². The number of pyridine rings is 1. The zero-order valence-electron chi connectivity index (χ0n) is 10.8. The van der Waals surface area contributed by atoms with Crippen LogP contribution >= 0.6 is 27.5 Å². The average molecular weight is 367 g/mol. The maximum atomic E-state index is 14.0. The van der Waals surface area contributed by atoms with Crippen LogP contribution in [0.25, 0.3) is 10.9 Å². The minimum atomic E-state index is -0.411. The number of hydrogen-bond acceptors (Lipinski definition) is 2. The Bertz CT molecular complexity index is 809. The van der Waals surface area contributed by atoms with Crippen LogP contribution in [0.1, 0.15) is 5.56 Å². The Morgan fingerprint density at radius 3 is 2.81 bits per heavy atom. The minimum Gasteiger partial charge on any atom is -0.452 e. The summed E-state index contributed by atoms with van der Waals surface area (Å²) in [5, 5.41) is 1.85. The van der Waals surface area contributed by atoms with Gasteiger partial charge in [-0.15, -0.1) is 0 Å². The van der Waals surface area contributed by atoms with Crippen LogP contribution in [0.5, 0.6) is 11.5 Å². The van der Waals surface area contributed by atoms with Gasteiger partial charge in [0.25, 0.3) is 0 Å². The second-order valence-corrected chi connectivity index (χ2v) is 5.38. The van der Waals surface area contributed by atoms with Gasteiger partial charge in [0.1, 0.15) is 5.52 Å². The van der Waals surface area contributed by atoms with Crippen molar-refractivity contribution in [2.45, 2.75) is 5.33 Å². The Morgan fingerprint density at radius 2 is 2.00 bits per heavy atom. The summed E-state index contributed by atoms with van der Waals surface area (Å²) in [7, 11) is 0. The predicted octanol–water partition coefficient (Wildman–Crippen LogP) is 5.71. The first-order valence-corrected chi connectivity index (χ1v) is 7.75. The fraction of sp³-hybridized carbons (Fsp3) is 0.0625. The van der Waals surface area contributed by atoms with Gasteiger partial charge in [0.15, 0.2) is 17.3 Å². The Balaban J connectivity index is 2.13. The number of alkyl halides is 1. The molecule has 0 aliphatic carbocycles. The lowest BCUT2D eigenvalue weighted by Gasteiger charge is -2.12. The molecule has 0 unspecified atom stereocenters. The molecule has 0 aliphatic heterocycles. The number of rotatable bonds is 3. The SMILES string of the molecule is Fc1cccc(CBr)c1Oc1ccc(Cl)c2cccnc12. The Labute approximate surface area is 134 Å². The molecule has 3 rings (SSSR count). The minimum absolute atomic E-state index is 0.198. The zero-order chi connectivity index (χ0) is 14.8. The summed E-state index contributed by atoms with van der Waals surface area (Å²) in [5.41, 5.74) is 1.34. The molecule has 106 valence electrons. The molecule has 0 amide bonds. The first-order valence-electron chi connectivity index (χ1n) is 6.25. The fourth-order valence-electron chi connectivity index (χ4n) is 2.08. The first kappa shape index (κ1) is 14.3. The Morgan fingerprint density at radius 1 is 1.14 bits per heavy atom. The summed E-state index contributed by atoms with van der Waals surface area (Å²) < 4.78 is 19.8. The number of ether oxygens (including phenoxy) is 1. The molecule has 0 aliphatic rings. The summed E-state index contributed by atoms with van der Waals surface area (Å²) in [6.45, 7) is 0. The summed E-state index contributed by atoms with van der Waals surface area (Å²) in [5.74, 6) is 0.261. The monoisotopic (exact) mass is 365 g/mol. The van der Waals surface area contributed by atoms with Crippen LogP contribution in [0.2, 0.25) is 5.02 Å². The quantitative estimate of drug-likeness (QED) is 0.554. The molecule has 2 aromatic carbocycles. The van der Waals surface area contributed by atoms with E-state index in [0.717, 1.165) is 10.9 Å². The molecule has 0 radical (unpaired) electrons. The lowest BCUT2D eigenvalue weighted by Crippen LogP contribution is -1.95. The maximum absolute atomic E-state index is 14.0. The fourth-order valence-corrected chi connectivity index (χ4v) is 2.73. The zero-order valence-corrected chi connectivity index (χ0v) is 13.2. The number of aromatic nitrogens is 1. The van der Waals surface area contributed by atoms with E-state index in [2.05, 4.69) is 20.9 Å². The molecule has 0 bridgehead atoms. The van der Waals surface area contributed by atoms with Crippen LogP contribution in [0.4, 0.5) is 4.39 Å². The highest BCUT2D eigenvalue weighted by Crippen LogP contribution is 2.35. The van der Waals surface area contributed by atoms with E-state index in [9.17, 15) is 4.39 Å². The number of nitrogens with zero attached hydrogens (tertiary/aromatic N) is 1. The van der Waals surface area contributed by atoms with E-state index in [1.54, 1.807) is 36.5 Å². The second kappa shape index (κ2) is 6.00. The molecule has 3 aromatic rings. The molecule has 0 N–H and O–H groups in total. The molecule has 0 atom stereocenters. The van der Waals surface area contributed by atoms with Gasteiger partial charge in [-0.05, 0) is 30.3 Å². The van der Waals surface area contributed by atoms with Crippen molar-refractivity contribution in [1.29, 1.82) is 0 Å². The van der Waals surface area contributed by atoms with Gasteiger partial charge >= 0.3 is 0 Å². The molecular formula is C16H10BrClFNO. The van der Waals surface area contributed by atoms with E-state index >= 15 is 0 Å². The molecular weight excluding hydrogens is 357 g/mol. The number of para-hydroxylation sites is 1. The van der Waals surface area contributed by atoms with Gasteiger partial charge in [0.2, 0.25) is 0 Å². The van der Waals surface area contributed by atoms with Crippen molar-refractivity contribution in [3.05, 3.63) is 65.1 Å². The van der Waals surface area contributed by atoms with E-state index in [0.29, 0.717) is 21.6 Å². The molecule has 0 saturated heterocycles. The van der Waals surface area contributed by atoms with Gasteiger partial charge < -0.3 is 4.74 Å². The summed E-state index contributed by atoms with van der Waals surface area (Å²) >= 11 is 9.48. The number of benzene rings is 2. The normalized spacial score (nSPS) is 10.8. The molecule has 0 saturated carbocycles. The van der Waals surface area contributed by atoms with Crippen molar-refractivity contribution in [2.24, 2.45) is 0 Å². The summed E-state index contributed by atoms with van der Waals surface area (Å²) in [6, 6.07) is 11.9. The second-order valence-electron chi connectivity index (χ2n) is 4.41. The topological polar surface area (TPSA) is 22.1 Å². The lowest BCUT2D eigenvalue weighted by molar-refractivity contribution is 0.442. The highest BCUT2D eigenvalue weighted by Gasteiger charge is 2.13. The van der Waals surface area contributed by atoms with Crippen molar-refractivity contribution >= 4 is 38.4 Å². The number of hydrogen-bond donors (Lipinski definition) is 0. The van der Waals surface area contributed by atoms with Gasteiger partial charge in [0, 0.05) is 22.5 Å². The molecule has 1 heterocycles. The molecule has 0 spiro atoms. The lowest BCUT2D eigenvalue weighted by atomic mass is 10.2. The summed E-state index contributed by atoms with van der Waals surface area (Å²) in [4.78, 5) is 4.28. The largest absolute Gasteiger partial charge is 0.452 e. The third-order valence-electron chi connectivity index (χ3n) is 3.08. The molecule has 2 nitrogen and oxygen atoms in total. The van der Waals surface area contributed by atoms with E-state index in [1.807, 2.05) is 6.07 Å². The van der Waals surface area contributed by atoms with Gasteiger partial charge in [-0.25, -0.2) is 4.39 Å². The molecule has 5 heteroatoms. The van der Waals surface area contributed by atoms with Gasteiger partial charge in [0.05, 0.1) is 5.02 Å². The van der Waals surface area contributed by atoms with E-state index < -0.39 is 5.82 Å². The van der Waals surface area contributed by atoms with Crippen molar-refractivity contribution < 1.29 is 9.13 Å². The highest BCUT2D eigenvalue weighted by atomic mass is 79.9. The van der Waals surface area contributed by atoms with Gasteiger partial charge in [-0.1, -0.05) is 39.7 Å². The Hall–Kier alpha value is -1.65. The van der Waals surface area contributed by atoms with Crippen molar-refractivity contribution in [1.82, 2.24) is 4.98 Å². The van der Waals surface area contributed by atoms with E-state index in [4.69, 9.17) is 16.3 Å². The number of fused-ring (bicyclic) bond motifs is 1. The van der Waals surface area contributed by atoms with Gasteiger partial charge in [-0.2, -0.15) is 0 Å². The van der Waals surface area contributed by atoms with Crippen LogP contribution in [0.15, 0.2) is 48.7 Å². The van der Waals surface area contributed by atoms with Crippen LogP contribution in [-0.4, -0.2) is 4.98 Å². The maximum Gasteiger partial charge on any atom is 0.167 e. The molecule has 0 fully saturated rings. The van der Waals surface area contributed by atoms with Crippen LogP contribution in [0.3, 0.4) is 0 Å². The molecule has 21 heavy (non-hydrogen) atoms. The third kappa shape index (κ3) is 2.74. The van der Waals surface area contributed by atoms with E-state index in [-0.39, 0.29) is 5.75 Å². The predicted molar refractivity (Wildman–Crippen MR) is 85.9 cm³/mol. The molecule has 1 aromatic heterocycles. The standard InChI is InChI=1S/C16H10BrClFNO/c17-9-10-3-1-5-13(19)16(10)21-14-7-6-12(18)11-4-2-8-20-15(11)14/h1-8H,9H2. The van der Waals surface area contributed by atoms with Crippen molar-refractivity contribution in [3.8, 4) is 11.5 Å². The van der Waals surface area contributed by atoms with Crippen molar-refractivity contribution in [3.63, 3.8) is 0 Å². The van der Waals surface area contributed by atoms with Crippen molar-refractivity contribution in [2.75, 3.05) is 0 Å². The van der Waals surface area contributed by atoms with Crippen LogP contribution in [-0.2, 0) is 5.33 Å².